The molecule has 1 aromatic carbocycles. The first-order valence-electron chi connectivity index (χ1n) is 7.93. The first-order valence-corrected chi connectivity index (χ1v) is 9.09. The quantitative estimate of drug-likeness (QED) is 0.785. The summed E-state index contributed by atoms with van der Waals surface area (Å²) in [6, 6.07) is 5.44. The minimum atomic E-state index is -0.124. The standard InChI is InChI=1S/C17H22N4O3S/c1-10(2)17(23)19-13-6-5-11(3)14(7-13)20-16(22)9-25-8-15-18-12(4)24-21-15/h5-7,10H,8-9H2,1-4H3,(H,19,23)(H,20,22). The molecular weight excluding hydrogens is 340 g/mol. The van der Waals surface area contributed by atoms with Crippen LogP contribution in [0.2, 0.25) is 0 Å². The van der Waals surface area contributed by atoms with Crippen molar-refractivity contribution < 1.29 is 14.1 Å². The number of anilines is 2. The minimum absolute atomic E-state index is 0.0629. The lowest BCUT2D eigenvalue weighted by Gasteiger charge is -2.12. The number of rotatable bonds is 7. The number of aryl methyl sites for hydroxylation is 2. The van der Waals surface area contributed by atoms with Gasteiger partial charge in [0.15, 0.2) is 5.82 Å². The molecule has 0 saturated heterocycles. The van der Waals surface area contributed by atoms with Crippen molar-refractivity contribution in [2.45, 2.75) is 33.4 Å². The summed E-state index contributed by atoms with van der Waals surface area (Å²) in [5, 5.41) is 9.48. The number of carbonyl (C=O) groups excluding carboxylic acids is 2. The summed E-state index contributed by atoms with van der Waals surface area (Å²) in [5.74, 6) is 1.57. The molecular formula is C17H22N4O3S. The lowest BCUT2D eigenvalue weighted by Crippen LogP contribution is -2.18. The minimum Gasteiger partial charge on any atom is -0.340 e. The van der Waals surface area contributed by atoms with E-state index in [4.69, 9.17) is 4.52 Å². The zero-order valence-electron chi connectivity index (χ0n) is 14.8. The number of nitrogens with one attached hydrogen (secondary N) is 2. The second kappa shape index (κ2) is 8.66. The predicted octanol–water partition coefficient (Wildman–Crippen LogP) is 3.15. The zero-order valence-corrected chi connectivity index (χ0v) is 15.6. The fourth-order valence-electron chi connectivity index (χ4n) is 1.94. The first kappa shape index (κ1) is 19.0. The average Bonchev–Trinajstić information content (AvgIpc) is 2.96. The van der Waals surface area contributed by atoms with E-state index in [1.54, 1.807) is 13.0 Å². The molecule has 0 spiro atoms. The van der Waals surface area contributed by atoms with Gasteiger partial charge in [0.05, 0.1) is 11.5 Å². The molecule has 0 aliphatic carbocycles. The van der Waals surface area contributed by atoms with Gasteiger partial charge in [-0.05, 0) is 24.6 Å². The number of benzene rings is 1. The van der Waals surface area contributed by atoms with E-state index >= 15 is 0 Å². The molecule has 1 heterocycles. The van der Waals surface area contributed by atoms with Crippen molar-refractivity contribution in [3.63, 3.8) is 0 Å². The van der Waals surface area contributed by atoms with Crippen molar-refractivity contribution >= 4 is 35.0 Å². The maximum Gasteiger partial charge on any atom is 0.234 e. The van der Waals surface area contributed by atoms with Gasteiger partial charge in [0, 0.05) is 24.2 Å². The van der Waals surface area contributed by atoms with Crippen molar-refractivity contribution in [1.29, 1.82) is 0 Å². The number of amides is 2. The molecule has 2 aromatic rings. The van der Waals surface area contributed by atoms with Gasteiger partial charge in [0.25, 0.3) is 0 Å². The Bertz CT molecular complexity index is 758. The molecule has 0 atom stereocenters. The summed E-state index contributed by atoms with van der Waals surface area (Å²) >= 11 is 1.40. The van der Waals surface area contributed by atoms with Crippen LogP contribution < -0.4 is 10.6 Å². The Morgan fingerprint density at radius 3 is 2.64 bits per heavy atom. The second-order valence-corrected chi connectivity index (χ2v) is 6.93. The van der Waals surface area contributed by atoms with Gasteiger partial charge in [-0.15, -0.1) is 11.8 Å². The third-order valence-corrected chi connectivity index (χ3v) is 4.27. The number of hydrogen-bond donors (Lipinski definition) is 2. The summed E-state index contributed by atoms with van der Waals surface area (Å²) in [6.07, 6.45) is 0. The van der Waals surface area contributed by atoms with E-state index in [0.29, 0.717) is 28.8 Å². The Balaban J connectivity index is 1.89. The summed E-state index contributed by atoms with van der Waals surface area (Å²) in [6.45, 7) is 7.28. The first-order chi connectivity index (χ1) is 11.8. The Hall–Kier alpha value is -2.35. The molecule has 0 radical (unpaired) electrons. The Morgan fingerprint density at radius 1 is 1.24 bits per heavy atom. The van der Waals surface area contributed by atoms with E-state index in [1.807, 2.05) is 32.9 Å². The third kappa shape index (κ3) is 5.90. The van der Waals surface area contributed by atoms with Crippen LogP contribution in [0.5, 0.6) is 0 Å². The highest BCUT2D eigenvalue weighted by Gasteiger charge is 2.11. The van der Waals surface area contributed by atoms with Gasteiger partial charge in [-0.25, -0.2) is 0 Å². The number of hydrogen-bond acceptors (Lipinski definition) is 6. The van der Waals surface area contributed by atoms with Gasteiger partial charge < -0.3 is 15.2 Å². The van der Waals surface area contributed by atoms with E-state index in [9.17, 15) is 9.59 Å². The highest BCUT2D eigenvalue weighted by molar-refractivity contribution is 7.99. The molecule has 0 bridgehead atoms. The molecule has 2 amide bonds. The van der Waals surface area contributed by atoms with Gasteiger partial charge in [-0.1, -0.05) is 25.1 Å². The maximum atomic E-state index is 12.1. The van der Waals surface area contributed by atoms with E-state index in [0.717, 1.165) is 5.56 Å². The fraction of sp³-hybridized carbons (Fsp3) is 0.412. The number of nitrogens with zero attached hydrogens (tertiary/aromatic N) is 2. The largest absolute Gasteiger partial charge is 0.340 e. The lowest BCUT2D eigenvalue weighted by molar-refractivity contribution is -0.119. The number of aromatic nitrogens is 2. The van der Waals surface area contributed by atoms with Crippen LogP contribution >= 0.6 is 11.8 Å². The van der Waals surface area contributed by atoms with E-state index < -0.39 is 0 Å². The third-order valence-electron chi connectivity index (χ3n) is 3.34. The summed E-state index contributed by atoms with van der Waals surface area (Å²) in [5.41, 5.74) is 2.27. The lowest BCUT2D eigenvalue weighted by atomic mass is 10.1. The molecule has 7 nitrogen and oxygen atoms in total. The fourth-order valence-corrected chi connectivity index (χ4v) is 2.60. The number of carbonyl (C=O) groups is 2. The van der Waals surface area contributed by atoms with E-state index in [1.165, 1.54) is 11.8 Å². The molecule has 25 heavy (non-hydrogen) atoms. The van der Waals surface area contributed by atoms with Crippen LogP contribution in [0.4, 0.5) is 11.4 Å². The van der Waals surface area contributed by atoms with Gasteiger partial charge in [0.1, 0.15) is 0 Å². The molecule has 2 rings (SSSR count). The van der Waals surface area contributed by atoms with Crippen LogP contribution in [0, 0.1) is 19.8 Å². The van der Waals surface area contributed by atoms with Crippen molar-refractivity contribution in [2.75, 3.05) is 16.4 Å². The van der Waals surface area contributed by atoms with Crippen LogP contribution in [0.15, 0.2) is 22.7 Å². The average molecular weight is 362 g/mol. The molecule has 134 valence electrons. The van der Waals surface area contributed by atoms with Crippen molar-refractivity contribution in [3.8, 4) is 0 Å². The summed E-state index contributed by atoms with van der Waals surface area (Å²) < 4.78 is 4.89. The van der Waals surface area contributed by atoms with Crippen LogP contribution in [0.25, 0.3) is 0 Å². The van der Waals surface area contributed by atoms with Crippen LogP contribution in [-0.4, -0.2) is 27.7 Å². The van der Waals surface area contributed by atoms with Crippen molar-refractivity contribution in [3.05, 3.63) is 35.5 Å². The van der Waals surface area contributed by atoms with Crippen LogP contribution in [0.1, 0.15) is 31.1 Å². The van der Waals surface area contributed by atoms with Gasteiger partial charge in [0.2, 0.25) is 17.7 Å². The topological polar surface area (TPSA) is 97.1 Å². The number of thioether (sulfide) groups is 1. The van der Waals surface area contributed by atoms with Crippen LogP contribution in [0.3, 0.4) is 0 Å². The van der Waals surface area contributed by atoms with Crippen LogP contribution in [-0.2, 0) is 15.3 Å². The molecule has 0 saturated carbocycles. The van der Waals surface area contributed by atoms with Gasteiger partial charge in [-0.3, -0.25) is 9.59 Å². The molecule has 8 heteroatoms. The molecule has 0 aliphatic rings. The highest BCUT2D eigenvalue weighted by Crippen LogP contribution is 2.21. The molecule has 1 aromatic heterocycles. The smallest absolute Gasteiger partial charge is 0.234 e. The monoisotopic (exact) mass is 362 g/mol. The maximum absolute atomic E-state index is 12.1. The van der Waals surface area contributed by atoms with Gasteiger partial charge in [-0.2, -0.15) is 4.98 Å². The molecule has 0 aliphatic heterocycles. The Labute approximate surface area is 151 Å². The summed E-state index contributed by atoms with van der Waals surface area (Å²) in [7, 11) is 0. The van der Waals surface area contributed by atoms with Gasteiger partial charge >= 0.3 is 0 Å². The highest BCUT2D eigenvalue weighted by atomic mass is 32.2. The molecule has 2 N–H and O–H groups in total. The van der Waals surface area contributed by atoms with E-state index in [-0.39, 0.29) is 23.5 Å². The molecule has 0 unspecified atom stereocenters. The molecule has 0 fully saturated rings. The zero-order chi connectivity index (χ0) is 18.4. The SMILES string of the molecule is Cc1nc(CSCC(=O)Nc2cc(NC(=O)C(C)C)ccc2C)no1. The second-order valence-electron chi connectivity index (χ2n) is 5.94. The summed E-state index contributed by atoms with van der Waals surface area (Å²) in [4.78, 5) is 28.0. The predicted molar refractivity (Wildman–Crippen MR) is 98.5 cm³/mol. The normalized spacial score (nSPS) is 10.8. The van der Waals surface area contributed by atoms with E-state index in [2.05, 4.69) is 20.8 Å². The van der Waals surface area contributed by atoms with Crippen molar-refractivity contribution in [1.82, 2.24) is 10.1 Å². The van der Waals surface area contributed by atoms with Crippen molar-refractivity contribution in [2.24, 2.45) is 5.92 Å². The Morgan fingerprint density at radius 2 is 2.00 bits per heavy atom. The Kier molecular flexibility index (Phi) is 6.58.